The first-order valence-electron chi connectivity index (χ1n) is 11.3. The molecule has 1 unspecified atom stereocenters. The van der Waals surface area contributed by atoms with E-state index >= 15 is 0 Å². The van der Waals surface area contributed by atoms with E-state index in [1.54, 1.807) is 0 Å². The molecule has 1 atom stereocenters. The van der Waals surface area contributed by atoms with Gasteiger partial charge in [-0.05, 0) is 0 Å². The van der Waals surface area contributed by atoms with Crippen molar-refractivity contribution in [3.63, 3.8) is 0 Å². The van der Waals surface area contributed by atoms with Crippen LogP contribution in [0.2, 0.25) is 0 Å². The molecule has 0 aromatic carbocycles. The summed E-state index contributed by atoms with van der Waals surface area (Å²) >= 11 is 0. The fourth-order valence-corrected chi connectivity index (χ4v) is 13.2. The van der Waals surface area contributed by atoms with Gasteiger partial charge in [-0.15, -0.1) is 0 Å². The molecule has 0 aliphatic rings. The first-order chi connectivity index (χ1) is 12.2. The van der Waals surface area contributed by atoms with E-state index in [9.17, 15) is 9.46 Å². The normalized spacial score (nSPS) is 16.2. The zero-order valence-corrected chi connectivity index (χ0v) is 20.3. The Kier molecular flexibility index (Phi) is 14.0. The molecule has 26 heavy (non-hydrogen) atoms. The summed E-state index contributed by atoms with van der Waals surface area (Å²) < 4.78 is 19.4. The van der Waals surface area contributed by atoms with E-state index in [4.69, 9.17) is 4.31 Å². The molecule has 0 saturated carbocycles. The van der Waals surface area contributed by atoms with Crippen LogP contribution in [-0.2, 0) is 8.88 Å². The van der Waals surface area contributed by atoms with Gasteiger partial charge in [0.15, 0.2) is 0 Å². The van der Waals surface area contributed by atoms with Crippen LogP contribution in [0.4, 0.5) is 0 Å². The summed E-state index contributed by atoms with van der Waals surface area (Å²) in [5, 5.41) is 0. The van der Waals surface area contributed by atoms with Gasteiger partial charge in [0, 0.05) is 0 Å². The summed E-state index contributed by atoms with van der Waals surface area (Å²) in [4.78, 5) is 10.7. The molecular weight excluding hydrogens is 362 g/mol. The van der Waals surface area contributed by atoms with Crippen LogP contribution in [0, 0.1) is 0 Å². The molecule has 0 rings (SSSR count). The first kappa shape index (κ1) is 26.6. The van der Waals surface area contributed by atoms with Gasteiger partial charge in [0.05, 0.1) is 0 Å². The SMILES string of the molecule is CCCCCCCCP(=O)(O)OP(C)(CCCC)(CCCC)CCCC. The Morgan fingerprint density at radius 2 is 1.08 bits per heavy atom. The number of rotatable bonds is 18. The fourth-order valence-electron chi connectivity index (χ4n) is 3.80. The molecule has 0 spiro atoms. The van der Waals surface area contributed by atoms with Crippen LogP contribution in [0.25, 0.3) is 0 Å². The number of hydrogen-bond donors (Lipinski definition) is 1. The average molecular weight is 411 g/mol. The third-order valence-corrected chi connectivity index (χ3v) is 14.3. The van der Waals surface area contributed by atoms with Crippen molar-refractivity contribution in [1.82, 2.24) is 0 Å². The molecule has 160 valence electrons. The molecule has 0 saturated heterocycles. The van der Waals surface area contributed by atoms with Crippen molar-refractivity contribution in [2.24, 2.45) is 0 Å². The predicted octanol–water partition coefficient (Wildman–Crippen LogP) is 8.05. The van der Waals surface area contributed by atoms with Gasteiger partial charge in [-0.3, -0.25) is 0 Å². The summed E-state index contributed by atoms with van der Waals surface area (Å²) in [7, 11) is -3.50. The molecule has 3 nitrogen and oxygen atoms in total. The average Bonchev–Trinajstić information content (AvgIpc) is 2.60. The van der Waals surface area contributed by atoms with Crippen LogP contribution in [-0.4, -0.2) is 36.2 Å². The maximum atomic E-state index is 13.0. The van der Waals surface area contributed by atoms with Crippen LogP contribution < -0.4 is 0 Å². The van der Waals surface area contributed by atoms with Crippen molar-refractivity contribution in [3.05, 3.63) is 0 Å². The van der Waals surface area contributed by atoms with E-state index in [1.807, 2.05) is 0 Å². The van der Waals surface area contributed by atoms with Crippen LogP contribution in [0.1, 0.15) is 105 Å². The second kappa shape index (κ2) is 13.7. The van der Waals surface area contributed by atoms with Crippen molar-refractivity contribution >= 4 is 14.4 Å². The molecule has 0 aliphatic heterocycles. The minimum atomic E-state index is -3.50. The fraction of sp³-hybridized carbons (Fsp3) is 1.00. The molecule has 0 aromatic heterocycles. The molecule has 0 aliphatic carbocycles. The van der Waals surface area contributed by atoms with Crippen LogP contribution in [0.15, 0.2) is 0 Å². The quantitative estimate of drug-likeness (QED) is 0.184. The molecule has 0 bridgehead atoms. The van der Waals surface area contributed by atoms with Gasteiger partial charge in [0.2, 0.25) is 0 Å². The molecule has 0 aromatic rings. The van der Waals surface area contributed by atoms with Crippen molar-refractivity contribution in [3.8, 4) is 0 Å². The zero-order chi connectivity index (χ0) is 20.0. The van der Waals surface area contributed by atoms with Crippen LogP contribution in [0.5, 0.6) is 0 Å². The van der Waals surface area contributed by atoms with Crippen molar-refractivity contribution < 1.29 is 13.8 Å². The molecule has 5 heteroatoms. The zero-order valence-electron chi connectivity index (χ0n) is 18.5. The van der Waals surface area contributed by atoms with Gasteiger partial charge in [-0.2, -0.15) is 0 Å². The summed E-state index contributed by atoms with van der Waals surface area (Å²) in [5.41, 5.74) is 0. The second-order valence-electron chi connectivity index (χ2n) is 8.63. The van der Waals surface area contributed by atoms with E-state index in [0.29, 0.717) is 6.16 Å². The molecule has 0 amide bonds. The standard InChI is InChI=1S/C21H48O3P2/c1-6-10-14-15-16-17-18-25(22,23)24-26(5,19-11-7-2,20-12-8-3)21-13-9-4/h6-21H2,1-5H3,(H,22,23). The van der Waals surface area contributed by atoms with Crippen LogP contribution >= 0.6 is 14.4 Å². The number of hydrogen-bond acceptors (Lipinski definition) is 2. The molecule has 0 radical (unpaired) electrons. The number of unbranched alkanes of at least 4 members (excludes halogenated alkanes) is 8. The Bertz CT molecular complexity index is 374. The van der Waals surface area contributed by atoms with Gasteiger partial charge in [-0.1, -0.05) is 0 Å². The van der Waals surface area contributed by atoms with Crippen molar-refractivity contribution in [1.29, 1.82) is 0 Å². The van der Waals surface area contributed by atoms with E-state index in [2.05, 4.69) is 34.4 Å². The van der Waals surface area contributed by atoms with Gasteiger partial charge in [0.25, 0.3) is 0 Å². The Morgan fingerprint density at radius 1 is 0.692 bits per heavy atom. The Morgan fingerprint density at radius 3 is 1.50 bits per heavy atom. The Balaban J connectivity index is 5.00. The molecule has 0 heterocycles. The Labute approximate surface area is 164 Å². The van der Waals surface area contributed by atoms with E-state index in [1.165, 1.54) is 25.7 Å². The summed E-state index contributed by atoms with van der Waals surface area (Å²) in [6.45, 7) is 8.52. The van der Waals surface area contributed by atoms with Crippen molar-refractivity contribution in [2.45, 2.75) is 105 Å². The van der Waals surface area contributed by atoms with Gasteiger partial charge < -0.3 is 0 Å². The maximum absolute atomic E-state index is 13.0. The summed E-state index contributed by atoms with van der Waals surface area (Å²) in [5.74, 6) is 0. The molecule has 0 fully saturated rings. The van der Waals surface area contributed by atoms with Crippen molar-refractivity contribution in [2.75, 3.05) is 31.3 Å². The minimum absolute atomic E-state index is 0.342. The first-order valence-corrected chi connectivity index (χ1v) is 16.2. The summed E-state index contributed by atoms with van der Waals surface area (Å²) in [6, 6.07) is 0. The third kappa shape index (κ3) is 11.4. The summed E-state index contributed by atoms with van der Waals surface area (Å²) in [6.07, 6.45) is 16.9. The van der Waals surface area contributed by atoms with Gasteiger partial charge >= 0.3 is 164 Å². The second-order valence-corrected chi connectivity index (χ2v) is 16.7. The predicted molar refractivity (Wildman–Crippen MR) is 121 cm³/mol. The van der Waals surface area contributed by atoms with E-state index in [0.717, 1.165) is 69.9 Å². The van der Waals surface area contributed by atoms with Gasteiger partial charge in [0.1, 0.15) is 0 Å². The van der Waals surface area contributed by atoms with E-state index < -0.39 is 14.4 Å². The van der Waals surface area contributed by atoms with E-state index in [-0.39, 0.29) is 0 Å². The van der Waals surface area contributed by atoms with Crippen LogP contribution in [0.3, 0.4) is 0 Å². The van der Waals surface area contributed by atoms with Gasteiger partial charge in [-0.25, -0.2) is 0 Å². The monoisotopic (exact) mass is 410 g/mol. The molecular formula is C21H48O3P2. The molecule has 1 N–H and O–H groups in total. The Hall–Kier alpha value is 0.580. The third-order valence-electron chi connectivity index (χ3n) is 5.61. The topological polar surface area (TPSA) is 46.5 Å².